The number of aromatic nitrogens is 2. The molecule has 0 bridgehead atoms. The minimum absolute atomic E-state index is 0.720. The molecule has 17 heavy (non-hydrogen) atoms. The smallest absolute Gasteiger partial charge is 0.108 e. The lowest BCUT2D eigenvalue weighted by Gasteiger charge is -2.24. The van der Waals surface area contributed by atoms with Crippen LogP contribution in [0.15, 0.2) is 12.4 Å². The van der Waals surface area contributed by atoms with Gasteiger partial charge in [0, 0.05) is 31.9 Å². The molecule has 0 saturated heterocycles. The Morgan fingerprint density at radius 3 is 2.88 bits per heavy atom. The average Bonchev–Trinajstić information content (AvgIpc) is 2.63. The Kier molecular flexibility index (Phi) is 4.60. The first-order chi connectivity index (χ1) is 8.31. The molecule has 0 aliphatic heterocycles. The van der Waals surface area contributed by atoms with E-state index in [0.717, 1.165) is 18.4 Å². The molecule has 1 aliphatic rings. The summed E-state index contributed by atoms with van der Waals surface area (Å²) in [5.41, 5.74) is 0. The zero-order valence-corrected chi connectivity index (χ0v) is 11.2. The number of nitrogens with zero attached hydrogens (tertiary/aromatic N) is 2. The first-order valence-corrected chi connectivity index (χ1v) is 6.94. The van der Waals surface area contributed by atoms with Crippen LogP contribution in [0.25, 0.3) is 0 Å². The van der Waals surface area contributed by atoms with Gasteiger partial charge in [0.1, 0.15) is 5.82 Å². The molecule has 2 unspecified atom stereocenters. The fourth-order valence-corrected chi connectivity index (χ4v) is 3.06. The van der Waals surface area contributed by atoms with Crippen LogP contribution in [0.1, 0.15) is 44.3 Å². The zero-order valence-electron chi connectivity index (χ0n) is 11.2. The molecular formula is C14H25N3. The highest BCUT2D eigenvalue weighted by Gasteiger charge is 2.22. The standard InChI is InChI=1S/C14H25N3/c1-15-13-7-5-3-4-6-12(13)8-9-14-16-10-11-17(14)2/h10-13,15H,3-9H2,1-2H3. The molecule has 1 N–H and O–H groups in total. The lowest BCUT2D eigenvalue weighted by atomic mass is 9.90. The second-order valence-electron chi connectivity index (χ2n) is 5.29. The first-order valence-electron chi connectivity index (χ1n) is 6.94. The molecule has 0 spiro atoms. The van der Waals surface area contributed by atoms with Crippen molar-refractivity contribution in [3.8, 4) is 0 Å². The first kappa shape index (κ1) is 12.6. The highest BCUT2D eigenvalue weighted by Crippen LogP contribution is 2.26. The fraction of sp³-hybridized carbons (Fsp3) is 0.786. The Hall–Kier alpha value is -0.830. The Morgan fingerprint density at radius 1 is 1.35 bits per heavy atom. The van der Waals surface area contributed by atoms with Crippen molar-refractivity contribution in [3.05, 3.63) is 18.2 Å². The van der Waals surface area contributed by atoms with E-state index >= 15 is 0 Å². The van der Waals surface area contributed by atoms with Gasteiger partial charge in [-0.3, -0.25) is 0 Å². The van der Waals surface area contributed by atoms with Crippen LogP contribution >= 0.6 is 0 Å². The Balaban J connectivity index is 1.89. The van der Waals surface area contributed by atoms with Gasteiger partial charge >= 0.3 is 0 Å². The van der Waals surface area contributed by atoms with E-state index in [1.54, 1.807) is 0 Å². The molecule has 96 valence electrons. The van der Waals surface area contributed by atoms with Crippen LogP contribution in [0.2, 0.25) is 0 Å². The van der Waals surface area contributed by atoms with Crippen LogP contribution < -0.4 is 5.32 Å². The van der Waals surface area contributed by atoms with E-state index in [4.69, 9.17) is 0 Å². The van der Waals surface area contributed by atoms with Gasteiger partial charge in [-0.1, -0.05) is 19.3 Å². The van der Waals surface area contributed by atoms with Gasteiger partial charge in [0.15, 0.2) is 0 Å². The third-order valence-electron chi connectivity index (χ3n) is 4.19. The minimum Gasteiger partial charge on any atom is -0.338 e. The lowest BCUT2D eigenvalue weighted by molar-refractivity contribution is 0.330. The Labute approximate surface area is 105 Å². The quantitative estimate of drug-likeness (QED) is 0.813. The molecule has 1 aliphatic carbocycles. The average molecular weight is 235 g/mol. The second-order valence-corrected chi connectivity index (χ2v) is 5.29. The van der Waals surface area contributed by atoms with Crippen molar-refractivity contribution >= 4 is 0 Å². The van der Waals surface area contributed by atoms with Crippen molar-refractivity contribution in [3.63, 3.8) is 0 Å². The fourth-order valence-electron chi connectivity index (χ4n) is 3.06. The summed E-state index contributed by atoms with van der Waals surface area (Å²) < 4.78 is 2.14. The molecule has 0 radical (unpaired) electrons. The highest BCUT2D eigenvalue weighted by molar-refractivity contribution is 4.92. The predicted molar refractivity (Wildman–Crippen MR) is 71.0 cm³/mol. The van der Waals surface area contributed by atoms with Crippen LogP contribution in [0.4, 0.5) is 0 Å². The van der Waals surface area contributed by atoms with Gasteiger partial charge in [-0.05, 0) is 32.2 Å². The molecule has 0 aromatic carbocycles. The molecule has 2 rings (SSSR count). The Bertz CT molecular complexity index is 332. The number of hydrogen-bond donors (Lipinski definition) is 1. The summed E-state index contributed by atoms with van der Waals surface area (Å²) in [6.45, 7) is 0. The van der Waals surface area contributed by atoms with Crippen LogP contribution in [0, 0.1) is 5.92 Å². The molecule has 2 atom stereocenters. The zero-order chi connectivity index (χ0) is 12.1. The van der Waals surface area contributed by atoms with Crippen molar-refractivity contribution in [2.45, 2.75) is 51.0 Å². The summed E-state index contributed by atoms with van der Waals surface area (Å²) in [5.74, 6) is 2.06. The third-order valence-corrected chi connectivity index (χ3v) is 4.19. The summed E-state index contributed by atoms with van der Waals surface area (Å²) in [5, 5.41) is 3.51. The van der Waals surface area contributed by atoms with E-state index < -0.39 is 0 Å². The normalized spacial score (nSPS) is 25.8. The number of hydrogen-bond acceptors (Lipinski definition) is 2. The topological polar surface area (TPSA) is 29.9 Å². The van der Waals surface area contributed by atoms with E-state index in [1.807, 2.05) is 12.4 Å². The molecule has 1 heterocycles. The number of aryl methyl sites for hydroxylation is 2. The van der Waals surface area contributed by atoms with E-state index in [0.29, 0.717) is 0 Å². The van der Waals surface area contributed by atoms with Crippen molar-refractivity contribution < 1.29 is 0 Å². The van der Waals surface area contributed by atoms with E-state index in [9.17, 15) is 0 Å². The molecule has 1 aromatic heterocycles. The molecule has 1 saturated carbocycles. The summed E-state index contributed by atoms with van der Waals surface area (Å²) in [6, 6.07) is 0.720. The van der Waals surface area contributed by atoms with E-state index in [-0.39, 0.29) is 0 Å². The Morgan fingerprint density at radius 2 is 2.18 bits per heavy atom. The van der Waals surface area contributed by atoms with Gasteiger partial charge in [0.25, 0.3) is 0 Å². The summed E-state index contributed by atoms with van der Waals surface area (Å²) >= 11 is 0. The van der Waals surface area contributed by atoms with Crippen molar-refractivity contribution in [1.29, 1.82) is 0 Å². The predicted octanol–water partition coefficient (Wildman–Crippen LogP) is 2.52. The van der Waals surface area contributed by atoms with Crippen LogP contribution in [0.5, 0.6) is 0 Å². The minimum atomic E-state index is 0.720. The number of imidazole rings is 1. The maximum Gasteiger partial charge on any atom is 0.108 e. The molecule has 0 amide bonds. The maximum atomic E-state index is 4.42. The largest absolute Gasteiger partial charge is 0.338 e. The molecule has 1 fully saturated rings. The van der Waals surface area contributed by atoms with E-state index in [2.05, 4.69) is 29.0 Å². The van der Waals surface area contributed by atoms with Crippen LogP contribution in [-0.2, 0) is 13.5 Å². The van der Waals surface area contributed by atoms with Gasteiger partial charge in [-0.2, -0.15) is 0 Å². The van der Waals surface area contributed by atoms with E-state index in [1.165, 1.54) is 44.3 Å². The van der Waals surface area contributed by atoms with Gasteiger partial charge in [0.05, 0.1) is 0 Å². The van der Waals surface area contributed by atoms with Crippen molar-refractivity contribution in [2.75, 3.05) is 7.05 Å². The van der Waals surface area contributed by atoms with Gasteiger partial charge < -0.3 is 9.88 Å². The summed E-state index contributed by atoms with van der Waals surface area (Å²) in [6.07, 6.45) is 13.3. The van der Waals surface area contributed by atoms with Crippen molar-refractivity contribution in [2.24, 2.45) is 13.0 Å². The molecule has 3 heteroatoms. The van der Waals surface area contributed by atoms with Crippen LogP contribution in [-0.4, -0.2) is 22.6 Å². The summed E-state index contributed by atoms with van der Waals surface area (Å²) in [4.78, 5) is 4.42. The van der Waals surface area contributed by atoms with Crippen LogP contribution in [0.3, 0.4) is 0 Å². The summed E-state index contributed by atoms with van der Waals surface area (Å²) in [7, 11) is 4.20. The molecule has 3 nitrogen and oxygen atoms in total. The second kappa shape index (κ2) is 6.20. The lowest BCUT2D eigenvalue weighted by Crippen LogP contribution is -2.33. The van der Waals surface area contributed by atoms with Gasteiger partial charge in [-0.25, -0.2) is 4.98 Å². The molecule has 1 aromatic rings. The maximum absolute atomic E-state index is 4.42. The highest BCUT2D eigenvalue weighted by atomic mass is 15.0. The van der Waals surface area contributed by atoms with Gasteiger partial charge in [0.2, 0.25) is 0 Å². The van der Waals surface area contributed by atoms with Crippen molar-refractivity contribution in [1.82, 2.24) is 14.9 Å². The number of nitrogens with one attached hydrogen (secondary N) is 1. The van der Waals surface area contributed by atoms with Gasteiger partial charge in [-0.15, -0.1) is 0 Å². The molecular weight excluding hydrogens is 210 g/mol. The SMILES string of the molecule is CNC1CCCCCC1CCc1nccn1C. The monoisotopic (exact) mass is 235 g/mol. The third kappa shape index (κ3) is 3.32. The number of rotatable bonds is 4.